The summed E-state index contributed by atoms with van der Waals surface area (Å²) in [5.41, 5.74) is 6.28. The number of nitrogens with zero attached hydrogens (tertiary/aromatic N) is 2. The zero-order valence-electron chi connectivity index (χ0n) is 10.4. The lowest BCUT2D eigenvalue weighted by Gasteiger charge is -2.38. The van der Waals surface area contributed by atoms with E-state index >= 15 is 0 Å². The number of rotatable bonds is 1. The number of fused-ring (bicyclic) bond motifs is 1. The molecule has 8 heteroatoms. The molecule has 0 aromatic carbocycles. The molecule has 2 aliphatic rings. The Morgan fingerprint density at radius 1 is 1.35 bits per heavy atom. The SMILES string of the molecule is O=C1NNCC(N2Cc3cccnc3C2)C1C(F)(F)F. The molecule has 1 aromatic rings. The van der Waals surface area contributed by atoms with E-state index in [4.69, 9.17) is 0 Å². The van der Waals surface area contributed by atoms with Gasteiger partial charge in [-0.15, -0.1) is 0 Å². The monoisotopic (exact) mass is 286 g/mol. The maximum Gasteiger partial charge on any atom is 0.402 e. The molecule has 2 aliphatic heterocycles. The van der Waals surface area contributed by atoms with Crippen LogP contribution in [0.2, 0.25) is 0 Å². The fourth-order valence-electron chi connectivity index (χ4n) is 2.78. The number of hydrogen-bond acceptors (Lipinski definition) is 4. The van der Waals surface area contributed by atoms with Gasteiger partial charge in [-0.1, -0.05) is 6.07 Å². The van der Waals surface area contributed by atoms with Gasteiger partial charge in [-0.05, 0) is 11.6 Å². The van der Waals surface area contributed by atoms with Crippen LogP contribution in [0.3, 0.4) is 0 Å². The van der Waals surface area contributed by atoms with Crippen molar-refractivity contribution < 1.29 is 18.0 Å². The van der Waals surface area contributed by atoms with Crippen molar-refractivity contribution >= 4 is 5.91 Å². The van der Waals surface area contributed by atoms with E-state index in [-0.39, 0.29) is 6.54 Å². The molecule has 0 saturated carbocycles. The largest absolute Gasteiger partial charge is 0.402 e. The van der Waals surface area contributed by atoms with Crippen molar-refractivity contribution in [3.05, 3.63) is 29.6 Å². The fourth-order valence-corrected chi connectivity index (χ4v) is 2.78. The summed E-state index contributed by atoms with van der Waals surface area (Å²) >= 11 is 0. The molecule has 1 fully saturated rings. The van der Waals surface area contributed by atoms with Crippen molar-refractivity contribution in [2.75, 3.05) is 6.54 Å². The third kappa shape index (κ3) is 2.25. The summed E-state index contributed by atoms with van der Waals surface area (Å²) in [6.45, 7) is 0.779. The maximum atomic E-state index is 13.1. The summed E-state index contributed by atoms with van der Waals surface area (Å²) < 4.78 is 39.3. The van der Waals surface area contributed by atoms with E-state index in [0.717, 1.165) is 11.3 Å². The van der Waals surface area contributed by atoms with Gasteiger partial charge < -0.3 is 0 Å². The van der Waals surface area contributed by atoms with Crippen molar-refractivity contribution in [2.24, 2.45) is 5.92 Å². The topological polar surface area (TPSA) is 57.3 Å². The number of hydrogen-bond donors (Lipinski definition) is 2. The average molecular weight is 286 g/mol. The number of carbonyl (C=O) groups excluding carboxylic acids is 1. The second-order valence-electron chi connectivity index (χ2n) is 4.97. The highest BCUT2D eigenvalue weighted by Crippen LogP contribution is 2.35. The summed E-state index contributed by atoms with van der Waals surface area (Å²) in [5.74, 6) is -3.05. The first-order valence-corrected chi connectivity index (χ1v) is 6.23. The molecule has 3 rings (SSSR count). The van der Waals surface area contributed by atoms with Crippen LogP contribution in [-0.2, 0) is 17.9 Å². The highest BCUT2D eigenvalue weighted by molar-refractivity contribution is 5.80. The Bertz CT molecular complexity index is 509. The van der Waals surface area contributed by atoms with Crippen LogP contribution in [-0.4, -0.2) is 34.6 Å². The van der Waals surface area contributed by atoms with Gasteiger partial charge in [-0.3, -0.25) is 20.1 Å². The fraction of sp³-hybridized carbons (Fsp3) is 0.500. The number of aromatic nitrogens is 1. The minimum Gasteiger partial charge on any atom is -0.291 e. The Balaban J connectivity index is 1.84. The number of nitrogens with one attached hydrogen (secondary N) is 2. The van der Waals surface area contributed by atoms with Crippen LogP contribution in [0.1, 0.15) is 11.3 Å². The molecule has 1 saturated heterocycles. The molecule has 2 N–H and O–H groups in total. The first-order chi connectivity index (χ1) is 9.47. The van der Waals surface area contributed by atoms with E-state index in [0.29, 0.717) is 13.1 Å². The van der Waals surface area contributed by atoms with Crippen molar-refractivity contribution in [1.29, 1.82) is 0 Å². The predicted molar refractivity (Wildman–Crippen MR) is 63.0 cm³/mol. The summed E-state index contributed by atoms with van der Waals surface area (Å²) in [4.78, 5) is 17.4. The first kappa shape index (κ1) is 13.3. The Morgan fingerprint density at radius 3 is 2.85 bits per heavy atom. The molecule has 2 unspecified atom stereocenters. The number of alkyl halides is 3. The van der Waals surface area contributed by atoms with Crippen LogP contribution in [0.5, 0.6) is 0 Å². The van der Waals surface area contributed by atoms with Crippen LogP contribution in [0.25, 0.3) is 0 Å². The Morgan fingerprint density at radius 2 is 2.15 bits per heavy atom. The predicted octanol–water partition coefficient (Wildman–Crippen LogP) is 0.579. The second kappa shape index (κ2) is 4.71. The van der Waals surface area contributed by atoms with Gasteiger partial charge in [-0.25, -0.2) is 5.43 Å². The first-order valence-electron chi connectivity index (χ1n) is 6.23. The molecule has 2 atom stereocenters. The van der Waals surface area contributed by atoms with Gasteiger partial charge >= 0.3 is 6.18 Å². The van der Waals surface area contributed by atoms with Gasteiger partial charge in [0, 0.05) is 31.9 Å². The normalized spacial score (nSPS) is 27.2. The third-order valence-electron chi connectivity index (χ3n) is 3.72. The smallest absolute Gasteiger partial charge is 0.291 e. The molecule has 0 aliphatic carbocycles. The molecule has 5 nitrogen and oxygen atoms in total. The zero-order valence-corrected chi connectivity index (χ0v) is 10.4. The lowest BCUT2D eigenvalue weighted by atomic mass is 9.95. The van der Waals surface area contributed by atoms with E-state index in [1.54, 1.807) is 17.2 Å². The average Bonchev–Trinajstić information content (AvgIpc) is 2.80. The van der Waals surface area contributed by atoms with Gasteiger partial charge in [0.2, 0.25) is 5.91 Å². The van der Waals surface area contributed by atoms with Gasteiger partial charge in [0.25, 0.3) is 0 Å². The summed E-state index contributed by atoms with van der Waals surface area (Å²) in [6.07, 6.45) is -2.94. The standard InChI is InChI=1S/C12H13F3N4O/c13-12(14,15)10-9(4-17-18-11(10)20)19-5-7-2-1-3-16-8(7)6-19/h1-3,9-10,17H,4-6H2,(H,18,20). The number of amides is 1. The molecule has 0 bridgehead atoms. The lowest BCUT2D eigenvalue weighted by molar-refractivity contribution is -0.201. The zero-order chi connectivity index (χ0) is 14.3. The van der Waals surface area contributed by atoms with Gasteiger partial charge in [0.1, 0.15) is 0 Å². The molecule has 0 radical (unpaired) electrons. The van der Waals surface area contributed by atoms with Crippen LogP contribution in [0, 0.1) is 5.92 Å². The van der Waals surface area contributed by atoms with Crippen LogP contribution >= 0.6 is 0 Å². The van der Waals surface area contributed by atoms with E-state index < -0.39 is 24.0 Å². The number of hydrazine groups is 1. The second-order valence-corrected chi connectivity index (χ2v) is 4.97. The van der Waals surface area contributed by atoms with Crippen LogP contribution in [0.4, 0.5) is 13.2 Å². The van der Waals surface area contributed by atoms with Crippen LogP contribution in [0.15, 0.2) is 18.3 Å². The molecule has 0 spiro atoms. The van der Waals surface area contributed by atoms with E-state index in [1.807, 2.05) is 6.07 Å². The lowest BCUT2D eigenvalue weighted by Crippen LogP contribution is -2.63. The van der Waals surface area contributed by atoms with Gasteiger partial charge in [-0.2, -0.15) is 13.2 Å². The Labute approximate surface area is 113 Å². The van der Waals surface area contributed by atoms with E-state index in [2.05, 4.69) is 15.8 Å². The summed E-state index contributed by atoms with van der Waals surface area (Å²) in [7, 11) is 0. The van der Waals surface area contributed by atoms with E-state index in [9.17, 15) is 18.0 Å². The van der Waals surface area contributed by atoms with Crippen LogP contribution < -0.4 is 10.9 Å². The number of pyridine rings is 1. The van der Waals surface area contributed by atoms with Crippen molar-refractivity contribution in [2.45, 2.75) is 25.3 Å². The quantitative estimate of drug-likeness (QED) is 0.793. The Kier molecular flexibility index (Phi) is 3.14. The summed E-state index contributed by atoms with van der Waals surface area (Å²) in [5, 5.41) is 0. The number of halogens is 3. The molecule has 20 heavy (non-hydrogen) atoms. The minimum atomic E-state index is -4.56. The number of carbonyl (C=O) groups is 1. The Hall–Kier alpha value is -1.67. The maximum absolute atomic E-state index is 13.1. The van der Waals surface area contributed by atoms with Crippen molar-refractivity contribution in [3.8, 4) is 0 Å². The third-order valence-corrected chi connectivity index (χ3v) is 3.72. The molecule has 3 heterocycles. The van der Waals surface area contributed by atoms with Gasteiger partial charge in [0.05, 0.1) is 5.69 Å². The molecule has 108 valence electrons. The summed E-state index contributed by atoms with van der Waals surface area (Å²) in [6, 6.07) is 2.69. The van der Waals surface area contributed by atoms with Gasteiger partial charge in [0.15, 0.2) is 5.92 Å². The van der Waals surface area contributed by atoms with E-state index in [1.165, 1.54) is 0 Å². The highest BCUT2D eigenvalue weighted by atomic mass is 19.4. The molecular weight excluding hydrogens is 273 g/mol. The molecule has 1 amide bonds. The van der Waals surface area contributed by atoms with Crippen molar-refractivity contribution in [1.82, 2.24) is 20.7 Å². The van der Waals surface area contributed by atoms with Crippen molar-refractivity contribution in [3.63, 3.8) is 0 Å². The highest BCUT2D eigenvalue weighted by Gasteiger charge is 2.53. The molecule has 1 aromatic heterocycles. The molecular formula is C12H13F3N4O. The minimum absolute atomic E-state index is 0.0594.